The van der Waals surface area contributed by atoms with Crippen LogP contribution in [0.15, 0.2) is 36.4 Å². The maximum Gasteiger partial charge on any atom is 0.195 e. The van der Waals surface area contributed by atoms with E-state index in [0.717, 1.165) is 18.2 Å². The van der Waals surface area contributed by atoms with Gasteiger partial charge in [0.05, 0.1) is 0 Å². The first-order chi connectivity index (χ1) is 9.54. The largest absolute Gasteiger partial charge is 0.310 e. The normalized spacial score (nSPS) is 12.4. The standard InChI is InChI=1S/C16H16F3N/c1-3-20-10(2)11-4-6-12(7-5-11)13-8-9-14(17)16(19)15(13)18/h4-10,20H,3H2,1-2H3. The summed E-state index contributed by atoms with van der Waals surface area (Å²) in [7, 11) is 0. The smallest absolute Gasteiger partial charge is 0.195 e. The van der Waals surface area contributed by atoms with E-state index in [-0.39, 0.29) is 11.6 Å². The van der Waals surface area contributed by atoms with Gasteiger partial charge in [0.25, 0.3) is 0 Å². The Labute approximate surface area is 116 Å². The summed E-state index contributed by atoms with van der Waals surface area (Å²) in [6.07, 6.45) is 0. The molecule has 2 rings (SSSR count). The van der Waals surface area contributed by atoms with E-state index in [1.165, 1.54) is 6.07 Å². The van der Waals surface area contributed by atoms with Crippen molar-refractivity contribution < 1.29 is 13.2 Å². The third kappa shape index (κ3) is 2.85. The first-order valence-corrected chi connectivity index (χ1v) is 6.51. The SMILES string of the molecule is CCNC(C)c1ccc(-c2ccc(F)c(F)c2F)cc1. The minimum atomic E-state index is -1.44. The van der Waals surface area contributed by atoms with Crippen molar-refractivity contribution in [3.05, 3.63) is 59.4 Å². The third-order valence-electron chi connectivity index (χ3n) is 3.27. The Bertz CT molecular complexity index is 593. The van der Waals surface area contributed by atoms with E-state index in [0.29, 0.717) is 5.56 Å². The summed E-state index contributed by atoms with van der Waals surface area (Å²) in [6.45, 7) is 4.89. The minimum absolute atomic E-state index is 0.0616. The van der Waals surface area contributed by atoms with Crippen LogP contribution in [0.25, 0.3) is 11.1 Å². The molecule has 0 saturated heterocycles. The van der Waals surface area contributed by atoms with Crippen molar-refractivity contribution in [1.82, 2.24) is 5.32 Å². The van der Waals surface area contributed by atoms with E-state index in [2.05, 4.69) is 5.32 Å². The topological polar surface area (TPSA) is 12.0 Å². The number of hydrogen-bond acceptors (Lipinski definition) is 1. The maximum atomic E-state index is 13.7. The van der Waals surface area contributed by atoms with Gasteiger partial charge in [-0.3, -0.25) is 0 Å². The molecule has 0 aliphatic rings. The van der Waals surface area contributed by atoms with Crippen molar-refractivity contribution in [1.29, 1.82) is 0 Å². The van der Waals surface area contributed by atoms with Crippen LogP contribution >= 0.6 is 0 Å². The van der Waals surface area contributed by atoms with Gasteiger partial charge in [-0.05, 0) is 36.7 Å². The molecule has 0 aromatic heterocycles. The summed E-state index contributed by atoms with van der Waals surface area (Å²) in [4.78, 5) is 0. The van der Waals surface area contributed by atoms with Crippen molar-refractivity contribution in [2.24, 2.45) is 0 Å². The molecule has 1 nitrogen and oxygen atoms in total. The molecular formula is C16H16F3N. The van der Waals surface area contributed by atoms with E-state index >= 15 is 0 Å². The van der Waals surface area contributed by atoms with Crippen molar-refractivity contribution in [3.8, 4) is 11.1 Å². The van der Waals surface area contributed by atoms with Gasteiger partial charge in [-0.1, -0.05) is 31.2 Å². The summed E-state index contributed by atoms with van der Waals surface area (Å²) in [6, 6.07) is 9.48. The molecule has 20 heavy (non-hydrogen) atoms. The van der Waals surface area contributed by atoms with Crippen LogP contribution < -0.4 is 5.32 Å². The predicted octanol–water partition coefficient (Wildman–Crippen LogP) is 4.44. The zero-order valence-corrected chi connectivity index (χ0v) is 11.4. The first kappa shape index (κ1) is 14.6. The van der Waals surface area contributed by atoms with Crippen LogP contribution in [0.4, 0.5) is 13.2 Å². The van der Waals surface area contributed by atoms with E-state index in [4.69, 9.17) is 0 Å². The van der Waals surface area contributed by atoms with Gasteiger partial charge in [-0.25, -0.2) is 13.2 Å². The van der Waals surface area contributed by atoms with E-state index in [1.807, 2.05) is 26.0 Å². The fraction of sp³-hybridized carbons (Fsp3) is 0.250. The van der Waals surface area contributed by atoms with Gasteiger partial charge in [0.1, 0.15) is 0 Å². The van der Waals surface area contributed by atoms with Crippen molar-refractivity contribution in [2.45, 2.75) is 19.9 Å². The van der Waals surface area contributed by atoms with E-state index in [1.54, 1.807) is 12.1 Å². The van der Waals surface area contributed by atoms with Crippen molar-refractivity contribution >= 4 is 0 Å². The molecule has 2 aromatic carbocycles. The molecule has 1 atom stereocenters. The molecular weight excluding hydrogens is 263 g/mol. The first-order valence-electron chi connectivity index (χ1n) is 6.51. The van der Waals surface area contributed by atoms with Crippen LogP contribution in [0.3, 0.4) is 0 Å². The van der Waals surface area contributed by atoms with E-state index < -0.39 is 17.5 Å². The Morgan fingerprint density at radius 3 is 2.20 bits per heavy atom. The molecule has 4 heteroatoms. The average molecular weight is 279 g/mol. The molecule has 0 aliphatic carbocycles. The van der Waals surface area contributed by atoms with Gasteiger partial charge in [0.2, 0.25) is 0 Å². The third-order valence-corrected chi connectivity index (χ3v) is 3.27. The van der Waals surface area contributed by atoms with Crippen LogP contribution in [0, 0.1) is 17.5 Å². The lowest BCUT2D eigenvalue weighted by Crippen LogP contribution is -2.17. The average Bonchev–Trinajstić information content (AvgIpc) is 2.45. The van der Waals surface area contributed by atoms with Gasteiger partial charge in [0.15, 0.2) is 17.5 Å². The van der Waals surface area contributed by atoms with Crippen LogP contribution in [-0.2, 0) is 0 Å². The van der Waals surface area contributed by atoms with E-state index in [9.17, 15) is 13.2 Å². The van der Waals surface area contributed by atoms with Crippen LogP contribution in [-0.4, -0.2) is 6.54 Å². The minimum Gasteiger partial charge on any atom is -0.310 e. The summed E-state index contributed by atoms with van der Waals surface area (Å²) in [5, 5.41) is 3.27. The second kappa shape index (κ2) is 6.09. The lowest BCUT2D eigenvalue weighted by Gasteiger charge is -2.13. The highest BCUT2D eigenvalue weighted by atomic mass is 19.2. The molecule has 106 valence electrons. The summed E-state index contributed by atoms with van der Waals surface area (Å²) in [5.74, 6) is -3.77. The van der Waals surface area contributed by atoms with Gasteiger partial charge in [-0.2, -0.15) is 0 Å². The molecule has 0 amide bonds. The molecule has 1 unspecified atom stereocenters. The highest BCUT2D eigenvalue weighted by Crippen LogP contribution is 2.27. The number of nitrogens with one attached hydrogen (secondary N) is 1. The second-order valence-electron chi connectivity index (χ2n) is 4.62. The number of halogens is 3. The molecule has 0 heterocycles. The highest BCUT2D eigenvalue weighted by molar-refractivity contribution is 5.64. The van der Waals surface area contributed by atoms with Crippen molar-refractivity contribution in [2.75, 3.05) is 6.54 Å². The Kier molecular flexibility index (Phi) is 4.45. The number of rotatable bonds is 4. The molecule has 0 spiro atoms. The highest BCUT2D eigenvalue weighted by Gasteiger charge is 2.14. The van der Waals surface area contributed by atoms with Crippen LogP contribution in [0.1, 0.15) is 25.5 Å². The molecule has 1 N–H and O–H groups in total. The zero-order chi connectivity index (χ0) is 14.7. The van der Waals surface area contributed by atoms with Gasteiger partial charge in [-0.15, -0.1) is 0 Å². The van der Waals surface area contributed by atoms with Gasteiger partial charge in [0, 0.05) is 11.6 Å². The Morgan fingerprint density at radius 2 is 1.60 bits per heavy atom. The molecule has 0 saturated carbocycles. The fourth-order valence-electron chi connectivity index (χ4n) is 2.12. The maximum absolute atomic E-state index is 13.7. The van der Waals surface area contributed by atoms with Gasteiger partial charge >= 0.3 is 0 Å². The van der Waals surface area contributed by atoms with Gasteiger partial charge < -0.3 is 5.32 Å². The Hall–Kier alpha value is -1.81. The zero-order valence-electron chi connectivity index (χ0n) is 11.4. The lowest BCUT2D eigenvalue weighted by atomic mass is 10.0. The summed E-state index contributed by atoms with van der Waals surface area (Å²) >= 11 is 0. The monoisotopic (exact) mass is 279 g/mol. The molecule has 0 bridgehead atoms. The predicted molar refractivity (Wildman–Crippen MR) is 73.8 cm³/mol. The summed E-state index contributed by atoms with van der Waals surface area (Å²) < 4.78 is 39.8. The second-order valence-corrected chi connectivity index (χ2v) is 4.62. The molecule has 0 radical (unpaired) electrons. The molecule has 0 fully saturated rings. The van der Waals surface area contributed by atoms with Crippen LogP contribution in [0.2, 0.25) is 0 Å². The quantitative estimate of drug-likeness (QED) is 0.816. The molecule has 2 aromatic rings. The molecule has 0 aliphatic heterocycles. The fourth-order valence-corrected chi connectivity index (χ4v) is 2.12. The van der Waals surface area contributed by atoms with Crippen LogP contribution in [0.5, 0.6) is 0 Å². The Morgan fingerprint density at radius 1 is 0.950 bits per heavy atom. The number of benzene rings is 2. The van der Waals surface area contributed by atoms with Crippen molar-refractivity contribution in [3.63, 3.8) is 0 Å². The Balaban J connectivity index is 2.33. The lowest BCUT2D eigenvalue weighted by molar-refractivity contribution is 0.449. The number of hydrogen-bond donors (Lipinski definition) is 1. The summed E-state index contributed by atoms with van der Waals surface area (Å²) in [5.41, 5.74) is 1.64.